The average molecular weight is 296 g/mol. The molecule has 0 bridgehead atoms. The maximum atomic E-state index is 12.7. The van der Waals surface area contributed by atoms with E-state index in [0.717, 1.165) is 18.7 Å². The first-order valence-electron chi connectivity index (χ1n) is 7.45. The quantitative estimate of drug-likeness (QED) is 0.873. The molecule has 3 rings (SSSR count). The zero-order valence-corrected chi connectivity index (χ0v) is 13.2. The molecule has 5 nitrogen and oxygen atoms in total. The van der Waals surface area contributed by atoms with Gasteiger partial charge in [0.2, 0.25) is 5.95 Å². The molecule has 2 heterocycles. The van der Waals surface area contributed by atoms with Gasteiger partial charge in [0.15, 0.2) is 0 Å². The van der Waals surface area contributed by atoms with Gasteiger partial charge in [-0.05, 0) is 18.9 Å². The van der Waals surface area contributed by atoms with E-state index in [0.29, 0.717) is 11.5 Å². The van der Waals surface area contributed by atoms with Crippen LogP contribution in [0.25, 0.3) is 0 Å². The number of nitrogens with zero attached hydrogens (tertiary/aromatic N) is 4. The summed E-state index contributed by atoms with van der Waals surface area (Å²) in [5.74, 6) is 0.639. The average Bonchev–Trinajstić information content (AvgIpc) is 2.46. The highest BCUT2D eigenvalue weighted by atomic mass is 16.2. The van der Waals surface area contributed by atoms with Crippen LogP contribution in [0.3, 0.4) is 0 Å². The predicted octanol–water partition coefficient (Wildman–Crippen LogP) is 2.44. The van der Waals surface area contributed by atoms with Crippen molar-refractivity contribution >= 4 is 11.9 Å². The first kappa shape index (κ1) is 14.5. The van der Waals surface area contributed by atoms with Gasteiger partial charge in [0, 0.05) is 26.8 Å². The number of likely N-dealkylation sites (tertiary alicyclic amines) is 1. The summed E-state index contributed by atoms with van der Waals surface area (Å²) >= 11 is 0. The summed E-state index contributed by atoms with van der Waals surface area (Å²) < 4.78 is 0. The van der Waals surface area contributed by atoms with Crippen LogP contribution in [-0.4, -0.2) is 41.4 Å². The van der Waals surface area contributed by atoms with Crippen molar-refractivity contribution in [3.63, 3.8) is 0 Å². The van der Waals surface area contributed by atoms with E-state index in [-0.39, 0.29) is 11.9 Å². The van der Waals surface area contributed by atoms with Crippen molar-refractivity contribution in [3.05, 3.63) is 53.3 Å². The van der Waals surface area contributed by atoms with Crippen molar-refractivity contribution < 1.29 is 4.79 Å². The van der Waals surface area contributed by atoms with E-state index in [2.05, 4.69) is 22.1 Å². The minimum atomic E-state index is 0.0166. The molecule has 1 aliphatic heterocycles. The van der Waals surface area contributed by atoms with Gasteiger partial charge < -0.3 is 9.80 Å². The van der Waals surface area contributed by atoms with Crippen molar-refractivity contribution in [2.24, 2.45) is 0 Å². The molecule has 22 heavy (non-hydrogen) atoms. The standard InChI is InChI=1S/C17H20N4O/c1-12-14(11-18-17(19-12)20(2)3)16(22)21-10-9-15(21)13-7-5-4-6-8-13/h4-8,11,15H,9-10H2,1-3H3/t15-/m1/s1. The summed E-state index contributed by atoms with van der Waals surface area (Å²) in [6.45, 7) is 2.65. The lowest BCUT2D eigenvalue weighted by Gasteiger charge is -2.41. The minimum Gasteiger partial charge on any atom is -0.347 e. The number of amides is 1. The zero-order valence-electron chi connectivity index (χ0n) is 13.2. The molecular weight excluding hydrogens is 276 g/mol. The van der Waals surface area contributed by atoms with Gasteiger partial charge in [-0.3, -0.25) is 4.79 Å². The fourth-order valence-corrected chi connectivity index (χ4v) is 2.69. The second-order valence-electron chi connectivity index (χ2n) is 5.78. The molecule has 5 heteroatoms. The summed E-state index contributed by atoms with van der Waals surface area (Å²) in [5.41, 5.74) is 2.50. The number of aromatic nitrogens is 2. The highest BCUT2D eigenvalue weighted by molar-refractivity contribution is 5.95. The van der Waals surface area contributed by atoms with Gasteiger partial charge in [-0.25, -0.2) is 9.97 Å². The smallest absolute Gasteiger partial charge is 0.257 e. The highest BCUT2D eigenvalue weighted by Gasteiger charge is 2.34. The first-order chi connectivity index (χ1) is 10.6. The Balaban J connectivity index is 1.83. The largest absolute Gasteiger partial charge is 0.347 e. The van der Waals surface area contributed by atoms with Crippen LogP contribution in [0.1, 0.15) is 34.1 Å². The summed E-state index contributed by atoms with van der Waals surface area (Å²) in [6, 6.07) is 10.3. The number of rotatable bonds is 3. The molecule has 0 saturated carbocycles. The maximum absolute atomic E-state index is 12.7. The highest BCUT2D eigenvalue weighted by Crippen LogP contribution is 2.34. The van der Waals surface area contributed by atoms with Crippen LogP contribution in [0.4, 0.5) is 5.95 Å². The molecule has 1 saturated heterocycles. The molecular formula is C17H20N4O. The molecule has 114 valence electrons. The molecule has 2 aromatic rings. The number of hydrogen-bond acceptors (Lipinski definition) is 4. The van der Waals surface area contributed by atoms with Crippen molar-refractivity contribution in [1.82, 2.24) is 14.9 Å². The van der Waals surface area contributed by atoms with Crippen LogP contribution in [0.15, 0.2) is 36.5 Å². The van der Waals surface area contributed by atoms with Gasteiger partial charge in [0.25, 0.3) is 5.91 Å². The second kappa shape index (κ2) is 5.75. The van der Waals surface area contributed by atoms with E-state index >= 15 is 0 Å². The first-order valence-corrected chi connectivity index (χ1v) is 7.45. The predicted molar refractivity (Wildman–Crippen MR) is 85.9 cm³/mol. The van der Waals surface area contributed by atoms with E-state index in [1.807, 2.05) is 49.0 Å². The molecule has 1 fully saturated rings. The van der Waals surface area contributed by atoms with Gasteiger partial charge in [-0.15, -0.1) is 0 Å². The molecule has 1 aliphatic rings. The molecule has 0 N–H and O–H groups in total. The van der Waals surface area contributed by atoms with E-state index in [4.69, 9.17) is 0 Å². The van der Waals surface area contributed by atoms with Gasteiger partial charge in [-0.2, -0.15) is 0 Å². The minimum absolute atomic E-state index is 0.0166. The lowest BCUT2D eigenvalue weighted by Crippen LogP contribution is -2.45. The van der Waals surface area contributed by atoms with Gasteiger partial charge in [-0.1, -0.05) is 30.3 Å². The number of carbonyl (C=O) groups excluding carboxylic acids is 1. The van der Waals surface area contributed by atoms with Crippen LogP contribution >= 0.6 is 0 Å². The number of aryl methyl sites for hydroxylation is 1. The molecule has 1 atom stereocenters. The Morgan fingerprint density at radius 3 is 2.55 bits per heavy atom. The Morgan fingerprint density at radius 1 is 1.27 bits per heavy atom. The van der Waals surface area contributed by atoms with E-state index in [9.17, 15) is 4.79 Å². The monoisotopic (exact) mass is 296 g/mol. The maximum Gasteiger partial charge on any atom is 0.257 e. The van der Waals surface area contributed by atoms with Crippen LogP contribution < -0.4 is 4.90 Å². The lowest BCUT2D eigenvalue weighted by atomic mass is 9.94. The fraction of sp³-hybridized carbons (Fsp3) is 0.353. The van der Waals surface area contributed by atoms with Crippen LogP contribution in [0.2, 0.25) is 0 Å². The SMILES string of the molecule is Cc1nc(N(C)C)ncc1C(=O)N1CC[C@@H]1c1ccccc1. The molecule has 0 spiro atoms. The summed E-state index contributed by atoms with van der Waals surface area (Å²) in [7, 11) is 3.77. The second-order valence-corrected chi connectivity index (χ2v) is 5.78. The Morgan fingerprint density at radius 2 is 2.00 bits per heavy atom. The Labute approximate surface area is 130 Å². The zero-order chi connectivity index (χ0) is 15.7. The van der Waals surface area contributed by atoms with E-state index in [1.165, 1.54) is 5.56 Å². The molecule has 1 amide bonds. The van der Waals surface area contributed by atoms with Crippen LogP contribution in [0.5, 0.6) is 0 Å². The van der Waals surface area contributed by atoms with Crippen molar-refractivity contribution in [1.29, 1.82) is 0 Å². The molecule has 0 radical (unpaired) electrons. The number of carbonyl (C=O) groups is 1. The van der Waals surface area contributed by atoms with Gasteiger partial charge >= 0.3 is 0 Å². The normalized spacial score (nSPS) is 17.0. The number of anilines is 1. The summed E-state index contributed by atoms with van der Waals surface area (Å²) in [5, 5.41) is 0. The third-order valence-electron chi connectivity index (χ3n) is 4.06. The Hall–Kier alpha value is -2.43. The number of benzene rings is 1. The van der Waals surface area contributed by atoms with E-state index in [1.54, 1.807) is 6.20 Å². The third kappa shape index (κ3) is 2.54. The van der Waals surface area contributed by atoms with Crippen LogP contribution in [0, 0.1) is 6.92 Å². The van der Waals surface area contributed by atoms with Crippen molar-refractivity contribution in [2.75, 3.05) is 25.5 Å². The number of hydrogen-bond donors (Lipinski definition) is 0. The fourth-order valence-electron chi connectivity index (χ4n) is 2.69. The van der Waals surface area contributed by atoms with Crippen LogP contribution in [-0.2, 0) is 0 Å². The molecule has 1 aromatic carbocycles. The topological polar surface area (TPSA) is 49.3 Å². The third-order valence-corrected chi connectivity index (χ3v) is 4.06. The van der Waals surface area contributed by atoms with E-state index < -0.39 is 0 Å². The summed E-state index contributed by atoms with van der Waals surface area (Å²) in [6.07, 6.45) is 2.64. The Kier molecular flexibility index (Phi) is 3.79. The summed E-state index contributed by atoms with van der Waals surface area (Å²) in [4.78, 5) is 25.1. The lowest BCUT2D eigenvalue weighted by molar-refractivity contribution is 0.0458. The van der Waals surface area contributed by atoms with Crippen molar-refractivity contribution in [3.8, 4) is 0 Å². The van der Waals surface area contributed by atoms with Crippen molar-refractivity contribution in [2.45, 2.75) is 19.4 Å². The van der Waals surface area contributed by atoms with Gasteiger partial charge in [0.1, 0.15) is 0 Å². The Bertz CT molecular complexity index is 684. The molecule has 1 aromatic heterocycles. The molecule has 0 unspecified atom stereocenters. The molecule has 0 aliphatic carbocycles. The van der Waals surface area contributed by atoms with Gasteiger partial charge in [0.05, 0.1) is 17.3 Å².